The molecule has 0 atom stereocenters. The van der Waals surface area contributed by atoms with Gasteiger partial charge in [-0.3, -0.25) is 19.4 Å². The SMILES string of the molecule is COc1cc(N2CCC(C(=O)N3CCCOCC3)CC2)c(-c2cnn(C)c2)cc1Nc1ncc(Br)c(Nc2ccc3nccnc3c2P(C)(C)=O)n1. The van der Waals surface area contributed by atoms with Crippen molar-refractivity contribution in [3.63, 3.8) is 0 Å². The average Bonchev–Trinajstić information content (AvgIpc) is 3.39. The Morgan fingerprint density at radius 2 is 1.81 bits per heavy atom. The molecule has 16 heteroatoms. The molecule has 2 aromatic carbocycles. The minimum atomic E-state index is -2.79. The third kappa shape index (κ3) is 7.62. The van der Waals surface area contributed by atoms with Crippen molar-refractivity contribution in [2.75, 3.05) is 75.4 Å². The third-order valence-corrected chi connectivity index (χ3v) is 11.6. The lowest BCUT2D eigenvalue weighted by molar-refractivity contribution is -0.136. The van der Waals surface area contributed by atoms with E-state index in [4.69, 9.17) is 14.5 Å². The first kappa shape index (κ1) is 35.8. The number of piperidine rings is 1. The lowest BCUT2D eigenvalue weighted by Crippen LogP contribution is -2.43. The maximum Gasteiger partial charge on any atom is 0.229 e. The second-order valence-corrected chi connectivity index (χ2v) is 17.4. The molecule has 5 aromatic rings. The largest absolute Gasteiger partial charge is 0.494 e. The van der Waals surface area contributed by atoms with E-state index < -0.39 is 7.14 Å². The van der Waals surface area contributed by atoms with Crippen molar-refractivity contribution < 1.29 is 18.8 Å². The average molecular weight is 790 g/mol. The van der Waals surface area contributed by atoms with E-state index in [0.29, 0.717) is 69.5 Å². The minimum Gasteiger partial charge on any atom is -0.494 e. The highest BCUT2D eigenvalue weighted by Gasteiger charge is 2.31. The Morgan fingerprint density at radius 1 is 1.00 bits per heavy atom. The number of carbonyl (C=O) groups excluding carboxylic acids is 1. The van der Waals surface area contributed by atoms with Gasteiger partial charge in [0.15, 0.2) is 0 Å². The molecule has 272 valence electrons. The monoisotopic (exact) mass is 788 g/mol. The Bertz CT molecular complexity index is 2140. The molecule has 1 amide bonds. The van der Waals surface area contributed by atoms with Crippen LogP contribution in [0.4, 0.5) is 28.8 Å². The standard InChI is InChI=1S/C36H42BrN10O4P/c1-45-22-24(20-41-45)25-18-29(31(50-2)19-30(25)46-13-8-23(9-14-46)35(48)47-12-5-16-51-17-15-47)43-36-40-21-26(37)34(44-36)42-28-7-6-27-32(39-11-10-38-27)33(28)52(3,4)49/h6-7,10-11,18-23H,5,8-9,12-17H2,1-4H3,(H2,40,42,43,44). The topological polar surface area (TPSA) is 153 Å². The summed E-state index contributed by atoms with van der Waals surface area (Å²) in [6.45, 7) is 7.64. The number of rotatable bonds is 9. The molecule has 0 spiro atoms. The fraction of sp³-hybridized carbons (Fsp3) is 0.389. The van der Waals surface area contributed by atoms with E-state index in [-0.39, 0.29) is 11.8 Å². The number of methoxy groups -OCH3 is 1. The number of hydrogen-bond acceptors (Lipinski definition) is 12. The quantitative estimate of drug-likeness (QED) is 0.174. The van der Waals surface area contributed by atoms with Crippen LogP contribution in [0, 0.1) is 5.92 Å². The smallest absolute Gasteiger partial charge is 0.229 e. The number of hydrogen-bond donors (Lipinski definition) is 2. The second kappa shape index (κ2) is 15.2. The van der Waals surface area contributed by atoms with Gasteiger partial charge in [0.05, 0.1) is 46.6 Å². The van der Waals surface area contributed by atoms with Crippen molar-refractivity contribution in [3.8, 4) is 16.9 Å². The van der Waals surface area contributed by atoms with Gasteiger partial charge >= 0.3 is 0 Å². The second-order valence-electron chi connectivity index (χ2n) is 13.4. The number of ether oxygens (including phenoxy) is 2. The van der Waals surface area contributed by atoms with Gasteiger partial charge in [-0.05, 0) is 66.7 Å². The fourth-order valence-corrected chi connectivity index (χ4v) is 8.59. The molecule has 0 bridgehead atoms. The Morgan fingerprint density at radius 3 is 2.56 bits per heavy atom. The summed E-state index contributed by atoms with van der Waals surface area (Å²) >= 11 is 3.58. The summed E-state index contributed by atoms with van der Waals surface area (Å²) in [5.74, 6) is 1.65. The van der Waals surface area contributed by atoms with Crippen LogP contribution in [0.5, 0.6) is 5.75 Å². The normalized spacial score (nSPS) is 15.8. The molecular formula is C36H42BrN10O4P. The molecular weight excluding hydrogens is 747 g/mol. The number of fused-ring (bicyclic) bond motifs is 1. The Hall–Kier alpha value is -4.59. The highest BCUT2D eigenvalue weighted by atomic mass is 79.9. The third-order valence-electron chi connectivity index (χ3n) is 9.45. The van der Waals surface area contributed by atoms with Crippen LogP contribution in [0.2, 0.25) is 0 Å². The van der Waals surface area contributed by atoms with Crippen molar-refractivity contribution in [1.82, 2.24) is 34.6 Å². The fourth-order valence-electron chi connectivity index (χ4n) is 6.91. The molecule has 2 N–H and O–H groups in total. The van der Waals surface area contributed by atoms with Crippen LogP contribution >= 0.6 is 23.1 Å². The zero-order valence-electron chi connectivity index (χ0n) is 29.7. The number of nitrogens with zero attached hydrogens (tertiary/aromatic N) is 8. The van der Waals surface area contributed by atoms with Crippen molar-refractivity contribution in [2.24, 2.45) is 13.0 Å². The highest BCUT2D eigenvalue weighted by Crippen LogP contribution is 2.43. The lowest BCUT2D eigenvalue weighted by atomic mass is 9.93. The van der Waals surface area contributed by atoms with Crippen LogP contribution in [-0.2, 0) is 21.1 Å². The molecule has 3 aromatic heterocycles. The van der Waals surface area contributed by atoms with Gasteiger partial charge in [-0.2, -0.15) is 10.1 Å². The molecule has 0 radical (unpaired) electrons. The predicted octanol–water partition coefficient (Wildman–Crippen LogP) is 5.79. The predicted molar refractivity (Wildman–Crippen MR) is 207 cm³/mol. The number of halogens is 1. The van der Waals surface area contributed by atoms with Crippen molar-refractivity contribution in [1.29, 1.82) is 0 Å². The van der Waals surface area contributed by atoms with Crippen LogP contribution in [0.3, 0.4) is 0 Å². The molecule has 0 saturated carbocycles. The van der Waals surface area contributed by atoms with Crippen LogP contribution in [0.25, 0.3) is 22.2 Å². The molecule has 2 fully saturated rings. The van der Waals surface area contributed by atoms with Crippen molar-refractivity contribution in [3.05, 3.63) is 59.7 Å². The molecule has 0 aliphatic carbocycles. The van der Waals surface area contributed by atoms with E-state index in [2.05, 4.69) is 51.5 Å². The van der Waals surface area contributed by atoms with Crippen LogP contribution in [-0.4, -0.2) is 100 Å². The van der Waals surface area contributed by atoms with Gasteiger partial charge in [0.1, 0.15) is 24.2 Å². The molecule has 2 saturated heterocycles. The number of benzene rings is 2. The van der Waals surface area contributed by atoms with Crippen molar-refractivity contribution >= 4 is 74.1 Å². The summed E-state index contributed by atoms with van der Waals surface area (Å²) in [4.78, 5) is 35.9. The van der Waals surface area contributed by atoms with E-state index >= 15 is 0 Å². The molecule has 7 rings (SSSR count). The Labute approximate surface area is 310 Å². The summed E-state index contributed by atoms with van der Waals surface area (Å²) in [6.07, 6.45) is 11.1. The minimum absolute atomic E-state index is 0.00316. The van der Waals surface area contributed by atoms with Gasteiger partial charge in [0, 0.05) is 93.4 Å². The summed E-state index contributed by atoms with van der Waals surface area (Å²) in [7, 11) is 0.742. The first-order chi connectivity index (χ1) is 25.1. The Kier molecular flexibility index (Phi) is 10.4. The number of amides is 1. The molecule has 2 aliphatic heterocycles. The molecule has 5 heterocycles. The number of carbonyl (C=O) groups is 1. The summed E-state index contributed by atoms with van der Waals surface area (Å²) in [5.41, 5.74) is 5.45. The van der Waals surface area contributed by atoms with Gasteiger partial charge in [-0.1, -0.05) is 0 Å². The van der Waals surface area contributed by atoms with Gasteiger partial charge in [0.25, 0.3) is 0 Å². The maximum atomic E-state index is 13.5. The van der Waals surface area contributed by atoms with E-state index in [1.54, 1.807) is 43.7 Å². The van der Waals surface area contributed by atoms with Crippen molar-refractivity contribution in [2.45, 2.75) is 19.3 Å². The first-order valence-electron chi connectivity index (χ1n) is 17.3. The molecule has 0 unspecified atom stereocenters. The van der Waals surface area contributed by atoms with Gasteiger partial charge < -0.3 is 34.5 Å². The van der Waals surface area contributed by atoms with Gasteiger partial charge in [-0.15, -0.1) is 0 Å². The number of aromatic nitrogens is 6. The zero-order valence-corrected chi connectivity index (χ0v) is 32.2. The van der Waals surface area contributed by atoms with E-state index in [1.807, 2.05) is 48.6 Å². The zero-order chi connectivity index (χ0) is 36.4. The highest BCUT2D eigenvalue weighted by molar-refractivity contribution is 9.10. The molecule has 2 aliphatic rings. The first-order valence-corrected chi connectivity index (χ1v) is 20.7. The molecule has 14 nitrogen and oxygen atoms in total. The number of nitrogens with one attached hydrogen (secondary N) is 2. The van der Waals surface area contributed by atoms with Crippen LogP contribution in [0.15, 0.2) is 59.7 Å². The Balaban J connectivity index is 1.17. The lowest BCUT2D eigenvalue weighted by Gasteiger charge is -2.36. The molecule has 52 heavy (non-hydrogen) atoms. The summed E-state index contributed by atoms with van der Waals surface area (Å²) < 4.78 is 27.4. The van der Waals surface area contributed by atoms with E-state index in [1.165, 1.54) is 0 Å². The van der Waals surface area contributed by atoms with E-state index in [9.17, 15) is 9.36 Å². The van der Waals surface area contributed by atoms with Gasteiger partial charge in [-0.25, -0.2) is 4.98 Å². The number of anilines is 5. The van der Waals surface area contributed by atoms with Crippen LogP contribution in [0.1, 0.15) is 19.3 Å². The summed E-state index contributed by atoms with van der Waals surface area (Å²) in [5, 5.41) is 11.8. The summed E-state index contributed by atoms with van der Waals surface area (Å²) in [6, 6.07) is 7.75. The van der Waals surface area contributed by atoms with Gasteiger partial charge in [0.2, 0.25) is 11.9 Å². The number of aryl methyl sites for hydroxylation is 1. The van der Waals surface area contributed by atoms with E-state index in [0.717, 1.165) is 55.7 Å². The maximum absolute atomic E-state index is 13.5. The van der Waals surface area contributed by atoms with Crippen LogP contribution < -0.4 is 25.6 Å².